The Morgan fingerprint density at radius 2 is 1.58 bits per heavy atom. The van der Waals surface area contributed by atoms with Crippen LogP contribution in [0.5, 0.6) is 5.75 Å². The van der Waals surface area contributed by atoms with Crippen molar-refractivity contribution < 1.29 is 19.4 Å². The van der Waals surface area contributed by atoms with Crippen molar-refractivity contribution in [1.29, 1.82) is 0 Å². The van der Waals surface area contributed by atoms with Crippen molar-refractivity contribution in [3.05, 3.63) is 75.2 Å². The van der Waals surface area contributed by atoms with E-state index >= 15 is 0 Å². The first-order chi connectivity index (χ1) is 16.0. The summed E-state index contributed by atoms with van der Waals surface area (Å²) in [5, 5.41) is 11.7. The Morgan fingerprint density at radius 1 is 0.970 bits per heavy atom. The summed E-state index contributed by atoms with van der Waals surface area (Å²) in [4.78, 5) is 11.3. The molecule has 33 heavy (non-hydrogen) atoms. The highest BCUT2D eigenvalue weighted by Crippen LogP contribution is 2.33. The molecule has 0 aliphatic heterocycles. The second-order valence-corrected chi connectivity index (χ2v) is 9.64. The van der Waals surface area contributed by atoms with Gasteiger partial charge in [0.15, 0.2) is 6.10 Å². The number of nitrogens with zero attached hydrogens (tertiary/aromatic N) is 1. The lowest BCUT2D eigenvalue weighted by Crippen LogP contribution is -2.26. The molecule has 0 radical (unpaired) electrons. The van der Waals surface area contributed by atoms with Crippen molar-refractivity contribution in [2.45, 2.75) is 32.4 Å². The largest absolute Gasteiger partial charge is 0.494 e. The van der Waals surface area contributed by atoms with Crippen LogP contribution in [0.2, 0.25) is 0 Å². The van der Waals surface area contributed by atoms with Crippen LogP contribution >= 0.6 is 31.9 Å². The average Bonchev–Trinajstić information content (AvgIpc) is 3.09. The third kappa shape index (κ3) is 5.60. The number of aliphatic carboxylic acids is 1. The molecule has 0 amide bonds. The minimum atomic E-state index is -0.943. The molecule has 0 fully saturated rings. The van der Waals surface area contributed by atoms with Crippen molar-refractivity contribution in [2.24, 2.45) is 0 Å². The van der Waals surface area contributed by atoms with E-state index in [0.717, 1.165) is 33.2 Å². The maximum Gasteiger partial charge on any atom is 0.333 e. The smallest absolute Gasteiger partial charge is 0.333 e. The van der Waals surface area contributed by atoms with Gasteiger partial charge >= 0.3 is 5.97 Å². The molecule has 1 atom stereocenters. The molecular weight excluding hydrogens is 550 g/mol. The van der Waals surface area contributed by atoms with E-state index in [0.29, 0.717) is 19.6 Å². The Labute approximate surface area is 209 Å². The fourth-order valence-corrected chi connectivity index (χ4v) is 4.78. The van der Waals surface area contributed by atoms with Gasteiger partial charge in [0.2, 0.25) is 0 Å². The third-order valence-corrected chi connectivity index (χ3v) is 6.56. The number of carboxylic acid groups (broad SMARTS) is 1. The number of fused-ring (bicyclic) bond motifs is 3. The predicted molar refractivity (Wildman–Crippen MR) is 138 cm³/mol. The molecule has 0 aliphatic rings. The van der Waals surface area contributed by atoms with E-state index in [1.165, 1.54) is 21.8 Å². The molecule has 0 saturated heterocycles. The molecule has 0 bridgehead atoms. The van der Waals surface area contributed by atoms with Crippen molar-refractivity contribution >= 4 is 59.6 Å². The lowest BCUT2D eigenvalue weighted by atomic mass is 10.1. The number of halogens is 2. The number of ether oxygens (including phenoxy) is 2. The quantitative estimate of drug-likeness (QED) is 0.211. The first-order valence-electron chi connectivity index (χ1n) is 10.9. The minimum Gasteiger partial charge on any atom is -0.494 e. The fourth-order valence-electron chi connectivity index (χ4n) is 4.06. The highest BCUT2D eigenvalue weighted by molar-refractivity contribution is 9.10. The Morgan fingerprint density at radius 3 is 2.12 bits per heavy atom. The van der Waals surface area contributed by atoms with Gasteiger partial charge in [-0.3, -0.25) is 0 Å². The van der Waals surface area contributed by atoms with Gasteiger partial charge in [0.1, 0.15) is 5.75 Å². The lowest BCUT2D eigenvalue weighted by Gasteiger charge is -2.13. The topological polar surface area (TPSA) is 60.7 Å². The molecule has 0 spiro atoms. The summed E-state index contributed by atoms with van der Waals surface area (Å²) in [7, 11) is 0. The average molecular weight is 575 g/mol. The Balaban J connectivity index is 1.39. The Bertz CT molecular complexity index is 1210. The van der Waals surface area contributed by atoms with Crippen molar-refractivity contribution in [2.75, 3.05) is 13.2 Å². The summed E-state index contributed by atoms with van der Waals surface area (Å²) < 4.78 is 15.7. The summed E-state index contributed by atoms with van der Waals surface area (Å²) in [6, 6.07) is 20.3. The van der Waals surface area contributed by atoms with Gasteiger partial charge in [0.05, 0.1) is 6.61 Å². The number of hydrogen-bond acceptors (Lipinski definition) is 3. The summed E-state index contributed by atoms with van der Waals surface area (Å²) in [5.41, 5.74) is 3.32. The number of aryl methyl sites for hydroxylation is 1. The van der Waals surface area contributed by atoms with Gasteiger partial charge in [-0.25, -0.2) is 4.79 Å². The second kappa shape index (κ2) is 10.7. The number of hydrogen-bond donors (Lipinski definition) is 1. The maximum absolute atomic E-state index is 11.3. The molecule has 0 aliphatic carbocycles. The fraction of sp³-hybridized carbons (Fsp3) is 0.269. The zero-order chi connectivity index (χ0) is 23.4. The van der Waals surface area contributed by atoms with Crippen molar-refractivity contribution in [3.63, 3.8) is 0 Å². The van der Waals surface area contributed by atoms with Gasteiger partial charge in [0.25, 0.3) is 0 Å². The standard InChI is InChI=1S/C26H25Br2NO4/c1-2-32-25(26(30)31)14-17-4-8-20(9-5-17)33-13-3-12-29-23-10-6-18(27)15-21(23)22-16-19(28)7-11-24(22)29/h4-11,15-16,25H,2-3,12-14H2,1H3,(H,30,31)/t25-/m0/s1. The molecule has 7 heteroatoms. The van der Waals surface area contributed by atoms with Gasteiger partial charge < -0.3 is 19.1 Å². The first kappa shape index (κ1) is 23.8. The molecule has 1 heterocycles. The monoisotopic (exact) mass is 573 g/mol. The van der Waals surface area contributed by atoms with Gasteiger partial charge in [-0.1, -0.05) is 44.0 Å². The molecule has 0 saturated carbocycles. The van der Waals surface area contributed by atoms with E-state index in [4.69, 9.17) is 9.47 Å². The molecule has 3 aromatic carbocycles. The summed E-state index contributed by atoms with van der Waals surface area (Å²) in [6.45, 7) is 3.60. The Kier molecular flexibility index (Phi) is 7.73. The highest BCUT2D eigenvalue weighted by Gasteiger charge is 2.18. The van der Waals surface area contributed by atoms with Crippen molar-refractivity contribution in [1.82, 2.24) is 4.57 Å². The van der Waals surface area contributed by atoms with Crippen LogP contribution < -0.4 is 4.74 Å². The zero-order valence-corrected chi connectivity index (χ0v) is 21.4. The van der Waals surface area contributed by atoms with Crippen LogP contribution in [-0.2, 0) is 22.5 Å². The van der Waals surface area contributed by atoms with Gasteiger partial charge in [-0.05, 0) is 67.4 Å². The lowest BCUT2D eigenvalue weighted by molar-refractivity contribution is -0.149. The molecule has 1 aromatic heterocycles. The molecule has 1 N–H and O–H groups in total. The molecular formula is C26H25Br2NO4. The zero-order valence-electron chi connectivity index (χ0n) is 18.3. The van der Waals surface area contributed by atoms with Gasteiger partial charge in [-0.2, -0.15) is 0 Å². The van der Waals surface area contributed by atoms with Crippen LogP contribution in [-0.4, -0.2) is 35.0 Å². The van der Waals surface area contributed by atoms with Crippen LogP contribution in [0.15, 0.2) is 69.6 Å². The first-order valence-corrected chi connectivity index (χ1v) is 12.5. The van der Waals surface area contributed by atoms with Crippen LogP contribution in [0.4, 0.5) is 0 Å². The van der Waals surface area contributed by atoms with E-state index in [1.807, 2.05) is 24.3 Å². The Hall–Kier alpha value is -2.35. The molecule has 0 unspecified atom stereocenters. The summed E-state index contributed by atoms with van der Waals surface area (Å²) in [5.74, 6) is -0.168. The van der Waals surface area contributed by atoms with Gasteiger partial charge in [-0.15, -0.1) is 0 Å². The van der Waals surface area contributed by atoms with E-state index < -0.39 is 12.1 Å². The van der Waals surface area contributed by atoms with Crippen LogP contribution in [0, 0.1) is 0 Å². The summed E-state index contributed by atoms with van der Waals surface area (Å²) in [6.07, 6.45) is 0.371. The van der Waals surface area contributed by atoms with E-state index in [2.05, 4.69) is 72.8 Å². The number of aromatic nitrogens is 1. The normalized spacial score (nSPS) is 12.3. The van der Waals surface area contributed by atoms with Crippen LogP contribution in [0.25, 0.3) is 21.8 Å². The minimum absolute atomic E-state index is 0.337. The third-order valence-electron chi connectivity index (χ3n) is 5.57. The highest BCUT2D eigenvalue weighted by atomic mass is 79.9. The number of rotatable bonds is 10. The van der Waals surface area contributed by atoms with E-state index in [9.17, 15) is 9.90 Å². The maximum atomic E-state index is 11.3. The second-order valence-electron chi connectivity index (χ2n) is 7.81. The van der Waals surface area contributed by atoms with Gasteiger partial charge in [0, 0.05) is 50.3 Å². The van der Waals surface area contributed by atoms with Crippen LogP contribution in [0.3, 0.4) is 0 Å². The molecule has 5 nitrogen and oxygen atoms in total. The number of carbonyl (C=O) groups is 1. The predicted octanol–water partition coefficient (Wildman–Crippen LogP) is 6.82. The summed E-state index contributed by atoms with van der Waals surface area (Å²) >= 11 is 7.18. The van der Waals surface area contributed by atoms with Crippen molar-refractivity contribution in [3.8, 4) is 5.75 Å². The molecule has 172 valence electrons. The van der Waals surface area contributed by atoms with E-state index in [1.54, 1.807) is 6.92 Å². The van der Waals surface area contributed by atoms with Crippen LogP contribution in [0.1, 0.15) is 18.9 Å². The number of carboxylic acids is 1. The van der Waals surface area contributed by atoms with E-state index in [-0.39, 0.29) is 0 Å². The molecule has 4 aromatic rings. The molecule has 4 rings (SSSR count). The number of benzene rings is 3. The SMILES string of the molecule is CCO[C@@H](Cc1ccc(OCCCn2c3ccc(Br)cc3c3cc(Br)ccc32)cc1)C(=O)O.